The van der Waals surface area contributed by atoms with Gasteiger partial charge in [-0.05, 0) is 39.8 Å². The molecule has 1 aliphatic rings. The molecular formula is C28H27NO6. The molecule has 3 aromatic carbocycles. The Hall–Kier alpha value is -4.13. The fourth-order valence-electron chi connectivity index (χ4n) is 4.36. The summed E-state index contributed by atoms with van der Waals surface area (Å²) in [5, 5.41) is 11.8. The second-order valence-corrected chi connectivity index (χ2v) is 8.73. The van der Waals surface area contributed by atoms with Crippen LogP contribution in [0.15, 0.2) is 72.8 Å². The van der Waals surface area contributed by atoms with Crippen molar-refractivity contribution in [2.75, 3.05) is 6.61 Å². The van der Waals surface area contributed by atoms with Crippen LogP contribution in [-0.2, 0) is 14.3 Å². The Morgan fingerprint density at radius 3 is 2.06 bits per heavy atom. The van der Waals surface area contributed by atoms with Crippen LogP contribution in [0.2, 0.25) is 0 Å². The third kappa shape index (κ3) is 5.35. The number of fused-ring (bicyclic) bond motifs is 3. The highest BCUT2D eigenvalue weighted by atomic mass is 16.6. The van der Waals surface area contributed by atoms with Crippen molar-refractivity contribution in [2.24, 2.45) is 0 Å². The van der Waals surface area contributed by atoms with Crippen molar-refractivity contribution < 1.29 is 29.0 Å². The molecule has 7 nitrogen and oxygen atoms in total. The Bertz CT molecular complexity index is 1210. The molecule has 0 aromatic heterocycles. The van der Waals surface area contributed by atoms with Gasteiger partial charge in [0.15, 0.2) is 0 Å². The number of hydrogen-bond acceptors (Lipinski definition) is 5. The van der Waals surface area contributed by atoms with Crippen molar-refractivity contribution in [3.63, 3.8) is 0 Å². The quantitative estimate of drug-likeness (QED) is 0.349. The summed E-state index contributed by atoms with van der Waals surface area (Å²) >= 11 is 0. The molecule has 0 radical (unpaired) electrons. The summed E-state index contributed by atoms with van der Waals surface area (Å²) in [6.45, 7) is 3.97. The number of nitrogens with one attached hydrogen (secondary N) is 1. The number of carboxylic acid groups (broad SMARTS) is 1. The van der Waals surface area contributed by atoms with Crippen LogP contribution in [0.4, 0.5) is 4.79 Å². The van der Waals surface area contributed by atoms with E-state index in [2.05, 4.69) is 5.32 Å². The third-order valence-corrected chi connectivity index (χ3v) is 6.07. The molecule has 180 valence electrons. The van der Waals surface area contributed by atoms with Crippen LogP contribution < -0.4 is 10.1 Å². The molecule has 1 amide bonds. The molecule has 0 heterocycles. The Morgan fingerprint density at radius 1 is 0.886 bits per heavy atom. The number of benzene rings is 3. The molecule has 0 saturated carbocycles. The van der Waals surface area contributed by atoms with Crippen LogP contribution in [0.1, 0.15) is 48.8 Å². The van der Waals surface area contributed by atoms with Gasteiger partial charge >= 0.3 is 18.0 Å². The standard InChI is InChI=1S/C28H27NO6/c1-17(2)18-9-7-8-14-25(18)35-26(30)15-24(27(31)32)29-28(33)34-16-23-21-12-5-3-10-19(21)20-11-4-6-13-22(20)23/h3-14,17,23-24H,15-16H2,1-2H3,(H,29,33)(H,31,32). The monoisotopic (exact) mass is 473 g/mol. The van der Waals surface area contributed by atoms with E-state index in [1.807, 2.05) is 74.5 Å². The van der Waals surface area contributed by atoms with Crippen LogP contribution >= 0.6 is 0 Å². The van der Waals surface area contributed by atoms with Gasteiger partial charge in [-0.25, -0.2) is 9.59 Å². The number of carbonyl (C=O) groups is 3. The normalized spacial score (nSPS) is 13.0. The molecule has 0 aliphatic heterocycles. The molecule has 35 heavy (non-hydrogen) atoms. The topological polar surface area (TPSA) is 102 Å². The van der Waals surface area contributed by atoms with Gasteiger partial charge in [0.1, 0.15) is 18.4 Å². The van der Waals surface area contributed by atoms with Crippen molar-refractivity contribution in [2.45, 2.75) is 38.1 Å². The van der Waals surface area contributed by atoms with Gasteiger partial charge in [-0.15, -0.1) is 0 Å². The summed E-state index contributed by atoms with van der Waals surface area (Å²) in [6.07, 6.45) is -1.44. The zero-order valence-electron chi connectivity index (χ0n) is 19.6. The summed E-state index contributed by atoms with van der Waals surface area (Å²) in [6, 6.07) is 21.4. The Balaban J connectivity index is 1.38. The predicted molar refractivity (Wildman–Crippen MR) is 130 cm³/mol. The number of para-hydroxylation sites is 1. The molecule has 2 N–H and O–H groups in total. The van der Waals surface area contributed by atoms with Crippen molar-refractivity contribution in [3.05, 3.63) is 89.5 Å². The van der Waals surface area contributed by atoms with Crippen LogP contribution in [-0.4, -0.2) is 35.8 Å². The highest BCUT2D eigenvalue weighted by Gasteiger charge is 2.30. The fraction of sp³-hybridized carbons (Fsp3) is 0.250. The van der Waals surface area contributed by atoms with E-state index >= 15 is 0 Å². The third-order valence-electron chi connectivity index (χ3n) is 6.07. The molecule has 3 aromatic rings. The first-order valence-corrected chi connectivity index (χ1v) is 11.5. The maximum absolute atomic E-state index is 12.5. The van der Waals surface area contributed by atoms with E-state index in [0.717, 1.165) is 27.8 Å². The molecule has 1 unspecified atom stereocenters. The van der Waals surface area contributed by atoms with Crippen LogP contribution in [0.25, 0.3) is 11.1 Å². The number of alkyl carbamates (subject to hydrolysis) is 1. The van der Waals surface area contributed by atoms with Crippen LogP contribution in [0, 0.1) is 0 Å². The van der Waals surface area contributed by atoms with Crippen molar-refractivity contribution in [3.8, 4) is 16.9 Å². The summed E-state index contributed by atoms with van der Waals surface area (Å²) in [5.74, 6) is -1.78. The Labute approximate surface area is 203 Å². The minimum absolute atomic E-state index is 0.0401. The molecule has 0 saturated heterocycles. The maximum Gasteiger partial charge on any atom is 0.407 e. The first-order chi connectivity index (χ1) is 16.8. The number of hydrogen-bond donors (Lipinski definition) is 2. The van der Waals surface area contributed by atoms with Gasteiger partial charge in [0.25, 0.3) is 0 Å². The smallest absolute Gasteiger partial charge is 0.407 e. The van der Waals surface area contributed by atoms with Gasteiger partial charge in [0.05, 0.1) is 6.42 Å². The summed E-state index contributed by atoms with van der Waals surface area (Å²) in [5.41, 5.74) is 5.10. The van der Waals surface area contributed by atoms with E-state index in [9.17, 15) is 19.5 Å². The number of carboxylic acids is 1. The maximum atomic E-state index is 12.5. The van der Waals surface area contributed by atoms with Crippen LogP contribution in [0.3, 0.4) is 0 Å². The van der Waals surface area contributed by atoms with Crippen molar-refractivity contribution in [1.29, 1.82) is 0 Å². The Morgan fingerprint density at radius 2 is 1.46 bits per heavy atom. The number of amides is 1. The van der Waals surface area contributed by atoms with E-state index in [-0.39, 0.29) is 18.4 Å². The molecule has 4 rings (SSSR count). The summed E-state index contributed by atoms with van der Waals surface area (Å²) < 4.78 is 10.8. The number of ether oxygens (including phenoxy) is 2. The summed E-state index contributed by atoms with van der Waals surface area (Å²) in [4.78, 5) is 36.6. The number of aliphatic carboxylic acids is 1. The number of esters is 1. The lowest BCUT2D eigenvalue weighted by Gasteiger charge is -2.18. The second-order valence-electron chi connectivity index (χ2n) is 8.73. The lowest BCUT2D eigenvalue weighted by molar-refractivity contribution is -0.144. The minimum Gasteiger partial charge on any atom is -0.480 e. The van der Waals surface area contributed by atoms with Gasteiger partial charge in [-0.3, -0.25) is 4.79 Å². The lowest BCUT2D eigenvalue weighted by atomic mass is 9.98. The molecule has 0 fully saturated rings. The van der Waals surface area contributed by atoms with E-state index in [1.165, 1.54) is 0 Å². The minimum atomic E-state index is -1.48. The van der Waals surface area contributed by atoms with Crippen molar-refractivity contribution in [1.82, 2.24) is 5.32 Å². The molecule has 0 spiro atoms. The summed E-state index contributed by atoms with van der Waals surface area (Å²) in [7, 11) is 0. The zero-order chi connectivity index (χ0) is 24.9. The van der Waals surface area contributed by atoms with Gasteiger partial charge in [0.2, 0.25) is 0 Å². The Kier molecular flexibility index (Phi) is 7.15. The highest BCUT2D eigenvalue weighted by Crippen LogP contribution is 2.44. The lowest BCUT2D eigenvalue weighted by Crippen LogP contribution is -2.43. The van der Waals surface area contributed by atoms with E-state index in [1.54, 1.807) is 12.1 Å². The van der Waals surface area contributed by atoms with Gasteiger partial charge < -0.3 is 19.9 Å². The number of carbonyl (C=O) groups excluding carboxylic acids is 2. The largest absolute Gasteiger partial charge is 0.480 e. The predicted octanol–water partition coefficient (Wildman–Crippen LogP) is 5.10. The van der Waals surface area contributed by atoms with E-state index < -0.39 is 30.5 Å². The average Bonchev–Trinajstić information content (AvgIpc) is 3.16. The molecule has 7 heteroatoms. The zero-order valence-corrected chi connectivity index (χ0v) is 19.6. The van der Waals surface area contributed by atoms with Crippen molar-refractivity contribution >= 4 is 18.0 Å². The van der Waals surface area contributed by atoms with Crippen LogP contribution in [0.5, 0.6) is 5.75 Å². The highest BCUT2D eigenvalue weighted by molar-refractivity contribution is 5.86. The first-order valence-electron chi connectivity index (χ1n) is 11.5. The first kappa shape index (κ1) is 24.0. The van der Waals surface area contributed by atoms with Gasteiger partial charge in [-0.2, -0.15) is 0 Å². The second kappa shape index (κ2) is 10.4. The molecule has 0 bridgehead atoms. The fourth-order valence-corrected chi connectivity index (χ4v) is 4.36. The molecule has 1 atom stereocenters. The van der Waals surface area contributed by atoms with Gasteiger partial charge in [-0.1, -0.05) is 80.6 Å². The molecular weight excluding hydrogens is 446 g/mol. The van der Waals surface area contributed by atoms with E-state index in [0.29, 0.717) is 5.75 Å². The average molecular weight is 474 g/mol. The SMILES string of the molecule is CC(C)c1ccccc1OC(=O)CC(NC(=O)OCC1c2ccccc2-c2ccccc21)C(=O)O. The number of rotatable bonds is 8. The van der Waals surface area contributed by atoms with Gasteiger partial charge in [0, 0.05) is 5.92 Å². The van der Waals surface area contributed by atoms with E-state index in [4.69, 9.17) is 9.47 Å². The molecule has 1 aliphatic carbocycles.